The number of carbonyl (C=O) groups excluding carboxylic acids is 1. The van der Waals surface area contributed by atoms with Gasteiger partial charge in [0.1, 0.15) is 0 Å². The number of rotatable bonds is 4. The third-order valence-electron chi connectivity index (χ3n) is 6.03. The zero-order chi connectivity index (χ0) is 15.4. The van der Waals surface area contributed by atoms with E-state index in [1.54, 1.807) is 7.11 Å². The van der Waals surface area contributed by atoms with Gasteiger partial charge in [0.2, 0.25) is 5.91 Å². The van der Waals surface area contributed by atoms with Crippen LogP contribution in [-0.2, 0) is 9.53 Å². The van der Waals surface area contributed by atoms with Gasteiger partial charge in [-0.15, -0.1) is 0 Å². The second-order valence-corrected chi connectivity index (χ2v) is 7.35. The molecule has 5 heteroatoms. The van der Waals surface area contributed by atoms with Crippen LogP contribution >= 0.6 is 0 Å². The van der Waals surface area contributed by atoms with Crippen LogP contribution in [0, 0.1) is 17.3 Å². The number of hydrogen-bond donors (Lipinski definition) is 2. The van der Waals surface area contributed by atoms with Gasteiger partial charge >= 0.3 is 0 Å². The van der Waals surface area contributed by atoms with Crippen molar-refractivity contribution >= 4 is 5.91 Å². The summed E-state index contributed by atoms with van der Waals surface area (Å²) in [6.07, 6.45) is 5.50. The molecule has 126 valence electrons. The molecular weight excluding hydrogens is 278 g/mol. The Labute approximate surface area is 134 Å². The van der Waals surface area contributed by atoms with Gasteiger partial charge in [-0.2, -0.15) is 0 Å². The molecule has 3 heterocycles. The molecule has 0 aliphatic carbocycles. The van der Waals surface area contributed by atoms with Gasteiger partial charge in [-0.05, 0) is 70.1 Å². The Kier molecular flexibility index (Phi) is 5.37. The van der Waals surface area contributed by atoms with Crippen molar-refractivity contribution in [2.45, 2.75) is 32.1 Å². The zero-order valence-corrected chi connectivity index (χ0v) is 13.9. The third-order valence-corrected chi connectivity index (χ3v) is 6.03. The molecule has 3 aliphatic rings. The number of methoxy groups -OCH3 is 1. The van der Waals surface area contributed by atoms with Crippen LogP contribution in [-0.4, -0.2) is 63.8 Å². The minimum atomic E-state index is -0.276. The quantitative estimate of drug-likeness (QED) is 0.808. The fourth-order valence-corrected chi connectivity index (χ4v) is 4.59. The molecule has 2 N–H and O–H groups in total. The summed E-state index contributed by atoms with van der Waals surface area (Å²) in [5.41, 5.74) is -0.276. The highest BCUT2D eigenvalue weighted by Crippen LogP contribution is 2.35. The van der Waals surface area contributed by atoms with Crippen molar-refractivity contribution in [3.8, 4) is 0 Å². The molecule has 22 heavy (non-hydrogen) atoms. The number of hydrogen-bond acceptors (Lipinski definition) is 4. The molecule has 1 atom stereocenters. The van der Waals surface area contributed by atoms with E-state index in [4.69, 9.17) is 4.74 Å². The van der Waals surface area contributed by atoms with E-state index in [9.17, 15) is 4.79 Å². The van der Waals surface area contributed by atoms with E-state index in [0.717, 1.165) is 50.9 Å². The molecule has 3 rings (SSSR count). The molecule has 0 aromatic rings. The first-order chi connectivity index (χ1) is 10.7. The fraction of sp³-hybridized carbons (Fsp3) is 0.941. The Morgan fingerprint density at radius 3 is 2.41 bits per heavy atom. The van der Waals surface area contributed by atoms with E-state index in [1.165, 1.54) is 32.4 Å². The molecule has 0 aromatic carbocycles. The number of likely N-dealkylation sites (tertiary alicyclic amines) is 1. The predicted molar refractivity (Wildman–Crippen MR) is 86.7 cm³/mol. The van der Waals surface area contributed by atoms with E-state index < -0.39 is 0 Å². The third kappa shape index (κ3) is 3.31. The lowest BCUT2D eigenvalue weighted by Crippen LogP contribution is -2.53. The van der Waals surface area contributed by atoms with Crippen LogP contribution < -0.4 is 10.6 Å². The standard InChI is InChI=1S/C17H31N3O2/c1-22-13-17(5-8-18-9-6-17)16(21)20-10-3-14(4-11-20)15-2-7-19-12-15/h14-15,18-19H,2-13H2,1H3. The van der Waals surface area contributed by atoms with Crippen LogP contribution in [0.2, 0.25) is 0 Å². The Bertz CT molecular complexity index is 363. The summed E-state index contributed by atoms with van der Waals surface area (Å²) < 4.78 is 5.42. The lowest BCUT2D eigenvalue weighted by Gasteiger charge is -2.42. The van der Waals surface area contributed by atoms with Crippen LogP contribution in [0.3, 0.4) is 0 Å². The van der Waals surface area contributed by atoms with Crippen molar-refractivity contribution in [1.82, 2.24) is 15.5 Å². The largest absolute Gasteiger partial charge is 0.384 e. The lowest BCUT2D eigenvalue weighted by atomic mass is 9.77. The maximum Gasteiger partial charge on any atom is 0.231 e. The maximum absolute atomic E-state index is 13.1. The zero-order valence-electron chi connectivity index (χ0n) is 13.9. The summed E-state index contributed by atoms with van der Waals surface area (Å²) in [5, 5.41) is 6.84. The maximum atomic E-state index is 13.1. The number of amides is 1. The van der Waals surface area contributed by atoms with Crippen LogP contribution in [0.1, 0.15) is 32.1 Å². The highest BCUT2D eigenvalue weighted by atomic mass is 16.5. The smallest absolute Gasteiger partial charge is 0.231 e. The Balaban J connectivity index is 1.57. The van der Waals surface area contributed by atoms with Gasteiger partial charge in [0, 0.05) is 20.2 Å². The van der Waals surface area contributed by atoms with Crippen molar-refractivity contribution in [2.24, 2.45) is 17.3 Å². The number of nitrogens with zero attached hydrogens (tertiary/aromatic N) is 1. The topological polar surface area (TPSA) is 53.6 Å². The molecule has 3 saturated heterocycles. The molecular formula is C17H31N3O2. The van der Waals surface area contributed by atoms with E-state index in [2.05, 4.69) is 15.5 Å². The molecule has 0 aromatic heterocycles. The average molecular weight is 309 g/mol. The molecule has 0 radical (unpaired) electrons. The second kappa shape index (κ2) is 7.28. The Morgan fingerprint density at radius 2 is 1.82 bits per heavy atom. The van der Waals surface area contributed by atoms with E-state index in [0.29, 0.717) is 12.5 Å². The highest BCUT2D eigenvalue weighted by molar-refractivity contribution is 5.83. The first kappa shape index (κ1) is 16.2. The summed E-state index contributed by atoms with van der Waals surface area (Å²) >= 11 is 0. The van der Waals surface area contributed by atoms with Gasteiger partial charge in [0.15, 0.2) is 0 Å². The van der Waals surface area contributed by atoms with Gasteiger partial charge in [-0.1, -0.05) is 0 Å². The molecule has 0 spiro atoms. The molecule has 0 bridgehead atoms. The monoisotopic (exact) mass is 309 g/mol. The minimum Gasteiger partial charge on any atom is -0.384 e. The van der Waals surface area contributed by atoms with E-state index >= 15 is 0 Å². The first-order valence-corrected chi connectivity index (χ1v) is 8.95. The molecule has 3 fully saturated rings. The Hall–Kier alpha value is -0.650. The van der Waals surface area contributed by atoms with Gasteiger partial charge in [-0.25, -0.2) is 0 Å². The van der Waals surface area contributed by atoms with Crippen molar-refractivity contribution in [3.05, 3.63) is 0 Å². The normalized spacial score (nSPS) is 29.7. The van der Waals surface area contributed by atoms with Gasteiger partial charge in [-0.3, -0.25) is 4.79 Å². The molecule has 5 nitrogen and oxygen atoms in total. The van der Waals surface area contributed by atoms with Gasteiger partial charge < -0.3 is 20.3 Å². The summed E-state index contributed by atoms with van der Waals surface area (Å²) in [5.74, 6) is 1.99. The number of carbonyl (C=O) groups is 1. The summed E-state index contributed by atoms with van der Waals surface area (Å²) in [7, 11) is 1.72. The lowest BCUT2D eigenvalue weighted by molar-refractivity contribution is -0.149. The minimum absolute atomic E-state index is 0.276. The SMILES string of the molecule is COCC1(C(=O)N2CCC(C3CCNC3)CC2)CCNCC1. The summed E-state index contributed by atoms with van der Waals surface area (Å²) in [6, 6.07) is 0. The van der Waals surface area contributed by atoms with Crippen molar-refractivity contribution in [3.63, 3.8) is 0 Å². The van der Waals surface area contributed by atoms with Crippen LogP contribution in [0.4, 0.5) is 0 Å². The molecule has 1 unspecified atom stereocenters. The Morgan fingerprint density at radius 1 is 1.09 bits per heavy atom. The molecule has 0 saturated carbocycles. The molecule has 1 amide bonds. The predicted octanol–water partition coefficient (Wildman–Crippen LogP) is 0.851. The van der Waals surface area contributed by atoms with Crippen molar-refractivity contribution < 1.29 is 9.53 Å². The van der Waals surface area contributed by atoms with Crippen LogP contribution in [0.25, 0.3) is 0 Å². The number of nitrogens with one attached hydrogen (secondary N) is 2. The van der Waals surface area contributed by atoms with Crippen LogP contribution in [0.5, 0.6) is 0 Å². The van der Waals surface area contributed by atoms with Crippen molar-refractivity contribution in [1.29, 1.82) is 0 Å². The second-order valence-electron chi connectivity index (χ2n) is 7.35. The number of ether oxygens (including phenoxy) is 1. The van der Waals surface area contributed by atoms with Crippen molar-refractivity contribution in [2.75, 3.05) is 53.0 Å². The fourth-order valence-electron chi connectivity index (χ4n) is 4.59. The number of piperidine rings is 2. The van der Waals surface area contributed by atoms with Gasteiger partial charge in [0.05, 0.1) is 12.0 Å². The van der Waals surface area contributed by atoms with E-state index in [-0.39, 0.29) is 5.41 Å². The first-order valence-electron chi connectivity index (χ1n) is 8.95. The van der Waals surface area contributed by atoms with Gasteiger partial charge in [0.25, 0.3) is 0 Å². The summed E-state index contributed by atoms with van der Waals surface area (Å²) in [4.78, 5) is 15.2. The molecule has 3 aliphatic heterocycles. The summed E-state index contributed by atoms with van der Waals surface area (Å²) in [6.45, 7) is 6.67. The van der Waals surface area contributed by atoms with Crippen LogP contribution in [0.15, 0.2) is 0 Å². The van der Waals surface area contributed by atoms with E-state index in [1.807, 2.05) is 0 Å². The average Bonchev–Trinajstić information content (AvgIpc) is 3.10. The highest BCUT2D eigenvalue weighted by Gasteiger charge is 2.43.